The van der Waals surface area contributed by atoms with Crippen LogP contribution in [0.25, 0.3) is 0 Å². The van der Waals surface area contributed by atoms with Crippen molar-refractivity contribution in [3.63, 3.8) is 0 Å². The van der Waals surface area contributed by atoms with Gasteiger partial charge in [0.2, 0.25) is 0 Å². The Morgan fingerprint density at radius 2 is 2.00 bits per heavy atom. The summed E-state index contributed by atoms with van der Waals surface area (Å²) in [5.74, 6) is 0.822. The van der Waals surface area contributed by atoms with Crippen LogP contribution in [0, 0.1) is 23.7 Å². The van der Waals surface area contributed by atoms with Crippen LogP contribution >= 0.6 is 0 Å². The maximum Gasteiger partial charge on any atom is 0.159 e. The summed E-state index contributed by atoms with van der Waals surface area (Å²) in [5, 5.41) is 12.6. The van der Waals surface area contributed by atoms with Crippen molar-refractivity contribution in [2.75, 3.05) is 18.9 Å². The minimum Gasteiger partial charge on any atom is -0.363 e. The molecule has 150 valence electrons. The zero-order chi connectivity index (χ0) is 21.5. The average Bonchev–Trinajstić information content (AvgIpc) is 2.60. The van der Waals surface area contributed by atoms with Crippen LogP contribution in [0.2, 0.25) is 0 Å². The number of Topliss-reactive ketones (excluding diaryl/α,β-unsaturated/α-hetero) is 1. The maximum atomic E-state index is 11.6. The number of nitriles is 1. The highest BCUT2D eigenvalue weighted by molar-refractivity contribution is 5.95. The number of hydrogen-bond donors (Lipinski definition) is 1. The van der Waals surface area contributed by atoms with E-state index in [4.69, 9.17) is 0 Å². The van der Waals surface area contributed by atoms with Crippen molar-refractivity contribution in [1.29, 1.82) is 5.26 Å². The lowest BCUT2D eigenvalue weighted by Gasteiger charge is -2.24. The molecule has 0 unspecified atom stereocenters. The first-order chi connectivity index (χ1) is 12.9. The first kappa shape index (κ1) is 23.2. The Balaban J connectivity index is 2.92. The van der Waals surface area contributed by atoms with E-state index >= 15 is 0 Å². The highest BCUT2D eigenvalue weighted by Gasteiger charge is 2.12. The van der Waals surface area contributed by atoms with Crippen LogP contribution in [0.3, 0.4) is 0 Å². The summed E-state index contributed by atoms with van der Waals surface area (Å²) in [7, 11) is 1.99. The molecule has 0 spiro atoms. The summed E-state index contributed by atoms with van der Waals surface area (Å²) in [6, 6.07) is 7.56. The molecule has 28 heavy (non-hydrogen) atoms. The second-order valence-corrected chi connectivity index (χ2v) is 8.25. The van der Waals surface area contributed by atoms with Crippen LogP contribution in [0.4, 0.5) is 5.69 Å². The summed E-state index contributed by atoms with van der Waals surface area (Å²) < 4.78 is 0. The standard InChI is InChI=1S/C23H32N4O/c1-16-9-10-20(18(3)28)13-22(16)26-17(2)21(14-24)15-25-19(4)27(8)12-11-23(5,6)7/h9-10,13,15,26H,2,11-12H2,1,3-8H3/b21-15-,25-19?. The summed E-state index contributed by atoms with van der Waals surface area (Å²) in [6.45, 7) is 16.9. The number of hydrogen-bond acceptors (Lipinski definition) is 4. The Labute approximate surface area is 169 Å². The van der Waals surface area contributed by atoms with Gasteiger partial charge in [-0.2, -0.15) is 5.26 Å². The quantitative estimate of drug-likeness (QED) is 0.229. The summed E-state index contributed by atoms with van der Waals surface area (Å²) in [6.07, 6.45) is 2.58. The molecule has 0 amide bonds. The molecule has 5 nitrogen and oxygen atoms in total. The number of aliphatic imine (C=N–C) groups is 1. The Morgan fingerprint density at radius 3 is 2.54 bits per heavy atom. The van der Waals surface area contributed by atoms with Crippen molar-refractivity contribution >= 4 is 17.3 Å². The predicted octanol–water partition coefficient (Wildman–Crippen LogP) is 5.32. The minimum atomic E-state index is -0.0109. The molecule has 1 N–H and O–H groups in total. The van der Waals surface area contributed by atoms with Crippen molar-refractivity contribution < 1.29 is 4.79 Å². The molecular weight excluding hydrogens is 348 g/mol. The van der Waals surface area contributed by atoms with Gasteiger partial charge in [-0.1, -0.05) is 39.5 Å². The molecule has 0 saturated heterocycles. The van der Waals surface area contributed by atoms with Gasteiger partial charge in [-0.05, 0) is 44.2 Å². The van der Waals surface area contributed by atoms with Crippen LogP contribution in [0.5, 0.6) is 0 Å². The Morgan fingerprint density at radius 1 is 1.36 bits per heavy atom. The number of ketones is 1. The Hall–Kier alpha value is -2.87. The number of nitrogens with zero attached hydrogens (tertiary/aromatic N) is 3. The SMILES string of the molecule is C=C(Nc1cc(C(C)=O)ccc1C)/C(C#N)=C\N=C(C)N(C)CCC(C)(C)C. The van der Waals surface area contributed by atoms with Gasteiger partial charge in [-0.15, -0.1) is 0 Å². The molecule has 0 atom stereocenters. The molecule has 5 heteroatoms. The van der Waals surface area contributed by atoms with Gasteiger partial charge in [0, 0.05) is 31.0 Å². The zero-order valence-electron chi connectivity index (χ0n) is 18.2. The van der Waals surface area contributed by atoms with Gasteiger partial charge in [-0.25, -0.2) is 4.99 Å². The lowest BCUT2D eigenvalue weighted by atomic mass is 9.92. The second kappa shape index (κ2) is 9.89. The van der Waals surface area contributed by atoms with Crippen LogP contribution in [-0.2, 0) is 0 Å². The Bertz CT molecular complexity index is 835. The monoisotopic (exact) mass is 380 g/mol. The second-order valence-electron chi connectivity index (χ2n) is 8.25. The number of rotatable bonds is 7. The van der Waals surface area contributed by atoms with Crippen molar-refractivity contribution in [2.24, 2.45) is 10.4 Å². The van der Waals surface area contributed by atoms with Crippen molar-refractivity contribution in [3.8, 4) is 6.07 Å². The summed E-state index contributed by atoms with van der Waals surface area (Å²) in [5.41, 5.74) is 3.37. The Kier molecular flexibility index (Phi) is 8.18. The van der Waals surface area contributed by atoms with Crippen LogP contribution in [-0.4, -0.2) is 30.1 Å². The van der Waals surface area contributed by atoms with Crippen molar-refractivity contribution in [1.82, 2.24) is 4.90 Å². The van der Waals surface area contributed by atoms with E-state index in [-0.39, 0.29) is 11.2 Å². The molecule has 0 radical (unpaired) electrons. The fraction of sp³-hybridized carbons (Fsp3) is 0.435. The van der Waals surface area contributed by atoms with E-state index in [0.29, 0.717) is 16.8 Å². The van der Waals surface area contributed by atoms with E-state index in [2.05, 4.69) is 48.6 Å². The largest absolute Gasteiger partial charge is 0.363 e. The molecule has 0 aliphatic heterocycles. The van der Waals surface area contributed by atoms with Gasteiger partial charge in [0.1, 0.15) is 11.9 Å². The fourth-order valence-electron chi connectivity index (χ4n) is 2.30. The zero-order valence-corrected chi connectivity index (χ0v) is 18.2. The molecule has 0 aromatic heterocycles. The van der Waals surface area contributed by atoms with Crippen LogP contribution in [0.15, 0.2) is 47.2 Å². The molecule has 0 aliphatic rings. The minimum absolute atomic E-state index is 0.0109. The number of benzene rings is 1. The third kappa shape index (κ3) is 7.40. The van der Waals surface area contributed by atoms with Crippen molar-refractivity contribution in [3.05, 3.63) is 53.4 Å². The van der Waals surface area contributed by atoms with Crippen LogP contribution < -0.4 is 5.32 Å². The number of amidine groups is 1. The number of nitrogens with one attached hydrogen (secondary N) is 1. The van der Waals surface area contributed by atoms with E-state index in [1.165, 1.54) is 13.1 Å². The van der Waals surface area contributed by atoms with E-state index in [0.717, 1.165) is 30.1 Å². The van der Waals surface area contributed by atoms with Gasteiger partial charge in [0.15, 0.2) is 5.78 Å². The molecule has 1 aromatic carbocycles. The number of allylic oxidation sites excluding steroid dienone is 1. The number of carbonyl (C=O) groups is 1. The average molecular weight is 381 g/mol. The molecule has 0 bridgehead atoms. The van der Waals surface area contributed by atoms with Gasteiger partial charge in [0.05, 0.1) is 11.3 Å². The molecule has 1 aromatic rings. The van der Waals surface area contributed by atoms with Gasteiger partial charge in [0.25, 0.3) is 0 Å². The third-order valence-corrected chi connectivity index (χ3v) is 4.51. The topological polar surface area (TPSA) is 68.5 Å². The smallest absolute Gasteiger partial charge is 0.159 e. The molecule has 0 aliphatic carbocycles. The molecule has 1 rings (SSSR count). The first-order valence-electron chi connectivity index (χ1n) is 9.38. The highest BCUT2D eigenvalue weighted by Crippen LogP contribution is 2.21. The molecule has 0 fully saturated rings. The number of anilines is 1. The third-order valence-electron chi connectivity index (χ3n) is 4.51. The maximum absolute atomic E-state index is 11.6. The van der Waals surface area contributed by atoms with Gasteiger partial charge < -0.3 is 10.2 Å². The molecule has 0 heterocycles. The van der Waals surface area contributed by atoms with E-state index in [1.54, 1.807) is 12.1 Å². The summed E-state index contributed by atoms with van der Waals surface area (Å²) in [4.78, 5) is 18.1. The van der Waals surface area contributed by atoms with E-state index in [1.807, 2.05) is 27.0 Å². The van der Waals surface area contributed by atoms with Crippen LogP contribution in [0.1, 0.15) is 57.0 Å². The van der Waals surface area contributed by atoms with Gasteiger partial charge >= 0.3 is 0 Å². The molecular formula is C23H32N4O. The van der Waals surface area contributed by atoms with Crippen molar-refractivity contribution in [2.45, 2.75) is 48.0 Å². The fourth-order valence-corrected chi connectivity index (χ4v) is 2.30. The van der Waals surface area contributed by atoms with E-state index in [9.17, 15) is 10.1 Å². The number of aryl methyl sites for hydroxylation is 1. The van der Waals surface area contributed by atoms with Gasteiger partial charge in [-0.3, -0.25) is 4.79 Å². The number of carbonyl (C=O) groups excluding carboxylic acids is 1. The summed E-state index contributed by atoms with van der Waals surface area (Å²) >= 11 is 0. The highest BCUT2D eigenvalue weighted by atomic mass is 16.1. The lowest BCUT2D eigenvalue weighted by Crippen LogP contribution is -2.27. The predicted molar refractivity (Wildman–Crippen MR) is 117 cm³/mol. The first-order valence-corrected chi connectivity index (χ1v) is 9.38. The van der Waals surface area contributed by atoms with E-state index < -0.39 is 0 Å². The molecule has 0 saturated carbocycles. The normalized spacial score (nSPS) is 12.4. The lowest BCUT2D eigenvalue weighted by molar-refractivity contribution is 0.101.